The molecule has 1 saturated carbocycles. The largest absolute Gasteiger partial charge is 0.341 e. The number of imide groups is 1. The molecular weight excluding hydrogens is 389 g/mol. The van der Waals surface area contributed by atoms with E-state index in [9.17, 15) is 14.4 Å². The van der Waals surface area contributed by atoms with E-state index >= 15 is 0 Å². The number of halogens is 2. The first kappa shape index (κ1) is 20.0. The summed E-state index contributed by atoms with van der Waals surface area (Å²) in [4.78, 5) is 40.2. The van der Waals surface area contributed by atoms with Crippen LogP contribution in [-0.2, 0) is 16.1 Å². The van der Waals surface area contributed by atoms with Gasteiger partial charge in [-0.05, 0) is 24.5 Å². The summed E-state index contributed by atoms with van der Waals surface area (Å²) in [5, 5.41) is 3.72. The highest BCUT2D eigenvalue weighted by Crippen LogP contribution is 2.33. The number of carbonyl (C=O) groups is 3. The molecule has 1 heterocycles. The number of nitrogens with zero attached hydrogens (tertiary/aromatic N) is 2. The Morgan fingerprint density at radius 3 is 2.63 bits per heavy atom. The number of nitrogens with one attached hydrogen (secondary N) is 1. The van der Waals surface area contributed by atoms with Crippen LogP contribution in [0.2, 0.25) is 10.0 Å². The molecule has 1 aromatic carbocycles. The lowest BCUT2D eigenvalue weighted by Gasteiger charge is -2.30. The number of benzene rings is 1. The smallest absolute Gasteiger partial charge is 0.325 e. The van der Waals surface area contributed by atoms with E-state index in [2.05, 4.69) is 5.32 Å². The second-order valence-corrected chi connectivity index (χ2v) is 8.03. The lowest BCUT2D eigenvalue weighted by Crippen LogP contribution is -2.48. The van der Waals surface area contributed by atoms with Crippen LogP contribution in [0.15, 0.2) is 18.2 Å². The maximum atomic E-state index is 12.7. The highest BCUT2D eigenvalue weighted by molar-refractivity contribution is 6.42. The zero-order valence-electron chi connectivity index (χ0n) is 15.3. The van der Waals surface area contributed by atoms with Crippen molar-refractivity contribution in [3.63, 3.8) is 0 Å². The van der Waals surface area contributed by atoms with Gasteiger partial charge in [-0.1, -0.05) is 54.6 Å². The first-order chi connectivity index (χ1) is 12.8. The van der Waals surface area contributed by atoms with E-state index < -0.39 is 11.6 Å². The first-order valence-electron chi connectivity index (χ1n) is 9.15. The van der Waals surface area contributed by atoms with Crippen molar-refractivity contribution in [1.29, 1.82) is 0 Å². The van der Waals surface area contributed by atoms with Crippen molar-refractivity contribution in [2.75, 3.05) is 13.6 Å². The van der Waals surface area contributed by atoms with Crippen molar-refractivity contribution in [3.05, 3.63) is 33.8 Å². The number of hydrogen-bond donors (Lipinski definition) is 1. The normalized spacial score (nSPS) is 18.7. The van der Waals surface area contributed by atoms with E-state index in [1.54, 1.807) is 19.2 Å². The SMILES string of the molecule is CN(Cc1cccc(Cl)c1Cl)C(=O)CCN1C(=O)NC2(CCCCC2)C1=O. The van der Waals surface area contributed by atoms with Gasteiger partial charge in [0.2, 0.25) is 5.91 Å². The van der Waals surface area contributed by atoms with Gasteiger partial charge < -0.3 is 10.2 Å². The molecule has 27 heavy (non-hydrogen) atoms. The molecule has 0 bridgehead atoms. The van der Waals surface area contributed by atoms with Crippen molar-refractivity contribution in [1.82, 2.24) is 15.1 Å². The first-order valence-corrected chi connectivity index (χ1v) is 9.90. The van der Waals surface area contributed by atoms with Crippen LogP contribution in [0, 0.1) is 0 Å². The van der Waals surface area contributed by atoms with Crippen LogP contribution in [0.1, 0.15) is 44.1 Å². The summed E-state index contributed by atoms with van der Waals surface area (Å²) >= 11 is 12.2. The third kappa shape index (κ3) is 4.06. The average molecular weight is 412 g/mol. The van der Waals surface area contributed by atoms with Gasteiger partial charge in [-0.15, -0.1) is 0 Å². The van der Waals surface area contributed by atoms with Crippen LogP contribution < -0.4 is 5.32 Å². The molecule has 4 amide bonds. The minimum absolute atomic E-state index is 0.0733. The molecule has 1 aliphatic carbocycles. The van der Waals surface area contributed by atoms with Crippen LogP contribution in [0.4, 0.5) is 4.79 Å². The third-order valence-corrected chi connectivity index (χ3v) is 6.23. The molecule has 1 saturated heterocycles. The molecule has 1 N–H and O–H groups in total. The Balaban J connectivity index is 1.57. The van der Waals surface area contributed by atoms with Crippen molar-refractivity contribution in [3.8, 4) is 0 Å². The second kappa shape index (κ2) is 8.07. The molecule has 8 heteroatoms. The maximum absolute atomic E-state index is 12.7. The number of hydrogen-bond acceptors (Lipinski definition) is 3. The van der Waals surface area contributed by atoms with Gasteiger partial charge in [0.25, 0.3) is 5.91 Å². The molecular formula is C19H23Cl2N3O3. The summed E-state index contributed by atoms with van der Waals surface area (Å²) in [5.74, 6) is -0.364. The molecule has 0 aromatic heterocycles. The molecule has 1 aliphatic heterocycles. The Bertz CT molecular complexity index is 763. The number of carbonyl (C=O) groups excluding carboxylic acids is 3. The predicted molar refractivity (Wildman–Crippen MR) is 104 cm³/mol. The molecule has 1 spiro atoms. The standard InChI is InChI=1S/C19H23Cl2N3O3/c1-23(12-13-6-5-7-14(20)16(13)21)15(25)8-11-24-17(26)19(22-18(24)27)9-3-2-4-10-19/h5-7H,2-4,8-12H2,1H3,(H,22,27). The molecule has 2 fully saturated rings. The molecule has 6 nitrogen and oxygen atoms in total. The van der Waals surface area contributed by atoms with Gasteiger partial charge in [0, 0.05) is 26.6 Å². The van der Waals surface area contributed by atoms with Gasteiger partial charge in [0.1, 0.15) is 5.54 Å². The molecule has 0 radical (unpaired) electrons. The summed E-state index contributed by atoms with van der Waals surface area (Å²) < 4.78 is 0. The summed E-state index contributed by atoms with van der Waals surface area (Å²) in [7, 11) is 1.66. The van der Waals surface area contributed by atoms with E-state index in [1.807, 2.05) is 6.07 Å². The molecule has 0 atom stereocenters. The van der Waals surface area contributed by atoms with Gasteiger partial charge in [0.05, 0.1) is 10.0 Å². The van der Waals surface area contributed by atoms with Crippen LogP contribution in [-0.4, -0.2) is 46.8 Å². The van der Waals surface area contributed by atoms with E-state index in [-0.39, 0.29) is 24.8 Å². The quantitative estimate of drug-likeness (QED) is 0.752. The van der Waals surface area contributed by atoms with Crippen LogP contribution >= 0.6 is 23.2 Å². The van der Waals surface area contributed by atoms with E-state index in [0.717, 1.165) is 24.8 Å². The van der Waals surface area contributed by atoms with Gasteiger partial charge in [0.15, 0.2) is 0 Å². The molecule has 2 aliphatic rings. The fourth-order valence-corrected chi connectivity index (χ4v) is 4.17. The Kier molecular flexibility index (Phi) is 5.96. The zero-order valence-corrected chi connectivity index (χ0v) is 16.8. The fraction of sp³-hybridized carbons (Fsp3) is 0.526. The Hall–Kier alpha value is -1.79. The third-order valence-electron chi connectivity index (χ3n) is 5.37. The lowest BCUT2D eigenvalue weighted by atomic mass is 9.82. The monoisotopic (exact) mass is 411 g/mol. The van der Waals surface area contributed by atoms with Gasteiger partial charge in [-0.25, -0.2) is 4.79 Å². The minimum Gasteiger partial charge on any atom is -0.341 e. The highest BCUT2D eigenvalue weighted by atomic mass is 35.5. The Morgan fingerprint density at radius 2 is 1.93 bits per heavy atom. The number of rotatable bonds is 5. The van der Waals surface area contributed by atoms with Gasteiger partial charge in [-0.2, -0.15) is 0 Å². The minimum atomic E-state index is -0.751. The Labute approximate surface area is 168 Å². The topological polar surface area (TPSA) is 69.7 Å². The summed E-state index contributed by atoms with van der Waals surface area (Å²) in [6.07, 6.45) is 4.37. The van der Waals surface area contributed by atoms with Crippen molar-refractivity contribution >= 4 is 41.0 Å². The predicted octanol–water partition coefficient (Wildman–Crippen LogP) is 3.60. The van der Waals surface area contributed by atoms with Gasteiger partial charge >= 0.3 is 6.03 Å². The summed E-state index contributed by atoms with van der Waals surface area (Å²) in [5.41, 5.74) is -0.00494. The zero-order chi connectivity index (χ0) is 19.6. The van der Waals surface area contributed by atoms with Crippen molar-refractivity contribution in [2.45, 2.75) is 50.6 Å². The molecule has 0 unspecified atom stereocenters. The summed E-state index contributed by atoms with van der Waals surface area (Å²) in [6, 6.07) is 4.88. The van der Waals surface area contributed by atoms with Crippen LogP contribution in [0.3, 0.4) is 0 Å². The van der Waals surface area contributed by atoms with E-state index in [0.29, 0.717) is 29.4 Å². The van der Waals surface area contributed by atoms with Crippen LogP contribution in [0.5, 0.6) is 0 Å². The van der Waals surface area contributed by atoms with Gasteiger partial charge in [-0.3, -0.25) is 14.5 Å². The van der Waals surface area contributed by atoms with Crippen molar-refractivity contribution in [2.24, 2.45) is 0 Å². The molecule has 146 valence electrons. The van der Waals surface area contributed by atoms with Crippen LogP contribution in [0.25, 0.3) is 0 Å². The number of amides is 4. The van der Waals surface area contributed by atoms with E-state index in [4.69, 9.17) is 23.2 Å². The highest BCUT2D eigenvalue weighted by Gasteiger charge is 2.51. The average Bonchev–Trinajstić information content (AvgIpc) is 2.87. The molecule has 3 rings (SSSR count). The maximum Gasteiger partial charge on any atom is 0.325 e. The molecule has 1 aromatic rings. The van der Waals surface area contributed by atoms with E-state index in [1.165, 1.54) is 9.80 Å². The summed E-state index contributed by atoms with van der Waals surface area (Å²) in [6.45, 7) is 0.390. The Morgan fingerprint density at radius 1 is 1.22 bits per heavy atom. The van der Waals surface area contributed by atoms with Crippen molar-refractivity contribution < 1.29 is 14.4 Å². The fourth-order valence-electron chi connectivity index (χ4n) is 3.79. The lowest BCUT2D eigenvalue weighted by molar-refractivity contribution is -0.134. The number of urea groups is 1. The second-order valence-electron chi connectivity index (χ2n) is 7.24.